The Morgan fingerprint density at radius 1 is 1.75 bits per heavy atom. The number of nitrogens with zero attached hydrogens (tertiary/aromatic N) is 1. The first-order chi connectivity index (χ1) is 5.68. The smallest absolute Gasteiger partial charge is 0.214 e. The lowest BCUT2D eigenvalue weighted by Crippen LogP contribution is -2.00. The van der Waals surface area contributed by atoms with Gasteiger partial charge in [0.1, 0.15) is 0 Å². The Labute approximate surface area is 78.6 Å². The molecule has 1 rings (SSSR count). The molecule has 1 heterocycles. The fourth-order valence-electron chi connectivity index (χ4n) is 0.710. The van der Waals surface area contributed by atoms with Crippen LogP contribution in [-0.2, 0) is 0 Å². The van der Waals surface area contributed by atoms with Gasteiger partial charge in [0.2, 0.25) is 5.95 Å². The second-order valence-electron chi connectivity index (χ2n) is 2.24. The van der Waals surface area contributed by atoms with Crippen molar-refractivity contribution in [2.45, 2.75) is 0 Å². The number of hydrogen-bond acceptors (Lipinski definition) is 2. The molecule has 2 nitrogen and oxygen atoms in total. The summed E-state index contributed by atoms with van der Waals surface area (Å²) in [5.74, 6) is -0.486. The van der Waals surface area contributed by atoms with Crippen molar-refractivity contribution in [2.24, 2.45) is 0 Å². The molecular weight excluding hydrogens is 223 g/mol. The third-order valence-electron chi connectivity index (χ3n) is 1.21. The van der Waals surface area contributed by atoms with Gasteiger partial charge in [0.05, 0.1) is 0 Å². The number of hydrogen-bond donors (Lipinski definition) is 1. The van der Waals surface area contributed by atoms with Gasteiger partial charge in [-0.25, -0.2) is 4.98 Å². The first kappa shape index (κ1) is 9.19. The number of pyridine rings is 1. The van der Waals surface area contributed by atoms with E-state index in [4.69, 9.17) is 0 Å². The van der Waals surface area contributed by atoms with Gasteiger partial charge in [-0.05, 0) is 6.07 Å². The van der Waals surface area contributed by atoms with Gasteiger partial charge >= 0.3 is 0 Å². The molecule has 12 heavy (non-hydrogen) atoms. The zero-order valence-corrected chi connectivity index (χ0v) is 7.94. The molecule has 0 aliphatic rings. The fourth-order valence-corrected chi connectivity index (χ4v) is 0.851. The molecule has 1 aromatic heterocycles. The topological polar surface area (TPSA) is 24.9 Å². The predicted octanol–water partition coefficient (Wildman–Crippen LogP) is 2.54. The Hall–Kier alpha value is -0.900. The van der Waals surface area contributed by atoms with Crippen LogP contribution >= 0.6 is 15.9 Å². The molecule has 0 saturated carbocycles. The average Bonchev–Trinajstić information content (AvgIpc) is 2.01. The van der Waals surface area contributed by atoms with E-state index < -0.39 is 5.95 Å². The van der Waals surface area contributed by atoms with E-state index in [1.54, 1.807) is 6.07 Å². The van der Waals surface area contributed by atoms with Gasteiger partial charge in [0, 0.05) is 29.0 Å². The van der Waals surface area contributed by atoms with Crippen molar-refractivity contribution < 1.29 is 4.39 Å². The summed E-state index contributed by atoms with van der Waals surface area (Å²) in [6.45, 7) is 4.21. The zero-order chi connectivity index (χ0) is 8.97. The molecule has 0 fully saturated rings. The second kappa shape index (κ2) is 4.21. The van der Waals surface area contributed by atoms with Gasteiger partial charge in [0.15, 0.2) is 0 Å². The second-order valence-corrected chi connectivity index (χ2v) is 3.36. The maximum absolute atomic E-state index is 12.5. The van der Waals surface area contributed by atoms with Crippen LogP contribution < -0.4 is 5.32 Å². The van der Waals surface area contributed by atoms with Gasteiger partial charge in [-0.2, -0.15) is 4.39 Å². The van der Waals surface area contributed by atoms with Crippen LogP contribution in [0, 0.1) is 5.95 Å². The SMILES string of the molecule is C=C(Br)CNc1ccnc(F)c1. The van der Waals surface area contributed by atoms with E-state index in [0.29, 0.717) is 12.2 Å². The van der Waals surface area contributed by atoms with Crippen LogP contribution in [0.2, 0.25) is 0 Å². The number of aromatic nitrogens is 1. The summed E-state index contributed by atoms with van der Waals surface area (Å²) in [5.41, 5.74) is 0.697. The molecule has 0 saturated heterocycles. The Bertz CT molecular complexity index is 288. The van der Waals surface area contributed by atoms with Crippen molar-refractivity contribution in [3.05, 3.63) is 35.3 Å². The molecule has 0 bridgehead atoms. The van der Waals surface area contributed by atoms with Crippen LogP contribution in [0.1, 0.15) is 0 Å². The monoisotopic (exact) mass is 230 g/mol. The highest BCUT2D eigenvalue weighted by Crippen LogP contribution is 2.08. The van der Waals surface area contributed by atoms with Gasteiger partial charge in [-0.1, -0.05) is 22.5 Å². The number of halogens is 2. The molecule has 0 unspecified atom stereocenters. The third kappa shape index (κ3) is 3.00. The predicted molar refractivity (Wildman–Crippen MR) is 50.8 cm³/mol. The first-order valence-electron chi connectivity index (χ1n) is 3.37. The van der Waals surface area contributed by atoms with Crippen molar-refractivity contribution >= 4 is 21.6 Å². The third-order valence-corrected chi connectivity index (χ3v) is 1.49. The maximum Gasteiger partial charge on any atom is 0.214 e. The minimum absolute atomic E-state index is 0.486. The van der Waals surface area contributed by atoms with E-state index in [0.717, 1.165) is 4.48 Å². The molecular formula is C8H8BrFN2. The van der Waals surface area contributed by atoms with Crippen LogP contribution in [0.25, 0.3) is 0 Å². The zero-order valence-electron chi connectivity index (χ0n) is 6.35. The van der Waals surface area contributed by atoms with E-state index in [-0.39, 0.29) is 0 Å². The Morgan fingerprint density at radius 2 is 2.50 bits per heavy atom. The summed E-state index contributed by atoms with van der Waals surface area (Å²) in [4.78, 5) is 3.43. The lowest BCUT2D eigenvalue weighted by atomic mass is 10.4. The molecule has 0 spiro atoms. The van der Waals surface area contributed by atoms with Crippen molar-refractivity contribution in [3.63, 3.8) is 0 Å². The quantitative estimate of drug-likeness (QED) is 0.808. The molecule has 0 aliphatic heterocycles. The summed E-state index contributed by atoms with van der Waals surface area (Å²) in [6, 6.07) is 3.02. The van der Waals surface area contributed by atoms with Crippen molar-refractivity contribution in [1.82, 2.24) is 4.98 Å². The number of anilines is 1. The van der Waals surface area contributed by atoms with Crippen LogP contribution in [0.5, 0.6) is 0 Å². The Morgan fingerprint density at radius 3 is 3.08 bits per heavy atom. The highest BCUT2D eigenvalue weighted by atomic mass is 79.9. The molecule has 4 heteroatoms. The lowest BCUT2D eigenvalue weighted by molar-refractivity contribution is 0.584. The van der Waals surface area contributed by atoms with Crippen LogP contribution in [-0.4, -0.2) is 11.5 Å². The largest absolute Gasteiger partial charge is 0.380 e. The summed E-state index contributed by atoms with van der Waals surface area (Å²) in [6.07, 6.45) is 1.41. The van der Waals surface area contributed by atoms with E-state index in [2.05, 4.69) is 32.8 Å². The normalized spacial score (nSPS) is 9.50. The highest BCUT2D eigenvalue weighted by molar-refractivity contribution is 9.11. The van der Waals surface area contributed by atoms with Crippen molar-refractivity contribution in [1.29, 1.82) is 0 Å². The van der Waals surface area contributed by atoms with Crippen LogP contribution in [0.15, 0.2) is 29.4 Å². The van der Waals surface area contributed by atoms with E-state index in [1.807, 2.05) is 0 Å². The first-order valence-corrected chi connectivity index (χ1v) is 4.16. The molecule has 1 aromatic rings. The lowest BCUT2D eigenvalue weighted by Gasteiger charge is -2.03. The maximum atomic E-state index is 12.5. The minimum Gasteiger partial charge on any atom is -0.380 e. The van der Waals surface area contributed by atoms with Crippen LogP contribution in [0.3, 0.4) is 0 Å². The summed E-state index contributed by atoms with van der Waals surface area (Å²) in [7, 11) is 0. The number of rotatable bonds is 3. The summed E-state index contributed by atoms with van der Waals surface area (Å²) >= 11 is 3.18. The molecule has 64 valence electrons. The number of nitrogens with one attached hydrogen (secondary N) is 1. The molecule has 0 atom stereocenters. The fraction of sp³-hybridized carbons (Fsp3) is 0.125. The Kier molecular flexibility index (Phi) is 3.22. The van der Waals surface area contributed by atoms with Gasteiger partial charge in [-0.15, -0.1) is 0 Å². The Balaban J connectivity index is 2.57. The van der Waals surface area contributed by atoms with Gasteiger partial charge < -0.3 is 5.32 Å². The van der Waals surface area contributed by atoms with Crippen molar-refractivity contribution in [2.75, 3.05) is 11.9 Å². The summed E-state index contributed by atoms with van der Waals surface area (Å²) in [5, 5.41) is 2.96. The van der Waals surface area contributed by atoms with E-state index >= 15 is 0 Å². The van der Waals surface area contributed by atoms with E-state index in [9.17, 15) is 4.39 Å². The standard InChI is InChI=1S/C8H8BrFN2/c1-6(9)5-12-7-2-3-11-8(10)4-7/h2-4H,1,5H2,(H,11,12). The van der Waals surface area contributed by atoms with Gasteiger partial charge in [0.25, 0.3) is 0 Å². The minimum atomic E-state index is -0.486. The molecule has 0 amide bonds. The van der Waals surface area contributed by atoms with Gasteiger partial charge in [-0.3, -0.25) is 0 Å². The van der Waals surface area contributed by atoms with Crippen molar-refractivity contribution in [3.8, 4) is 0 Å². The van der Waals surface area contributed by atoms with Crippen LogP contribution in [0.4, 0.5) is 10.1 Å². The highest BCUT2D eigenvalue weighted by Gasteiger charge is 1.94. The molecule has 1 N–H and O–H groups in total. The van der Waals surface area contributed by atoms with E-state index in [1.165, 1.54) is 12.3 Å². The summed E-state index contributed by atoms with van der Waals surface area (Å²) < 4.78 is 13.3. The average molecular weight is 231 g/mol. The molecule has 0 radical (unpaired) electrons. The molecule has 0 aromatic carbocycles. The molecule has 0 aliphatic carbocycles.